The molecule has 0 aliphatic rings. The summed E-state index contributed by atoms with van der Waals surface area (Å²) in [4.78, 5) is 6.34. The van der Waals surface area contributed by atoms with Gasteiger partial charge in [0.2, 0.25) is 5.88 Å². The van der Waals surface area contributed by atoms with Crippen molar-refractivity contribution < 1.29 is 4.74 Å². The van der Waals surface area contributed by atoms with E-state index in [2.05, 4.69) is 16.9 Å². The number of pyridine rings is 1. The van der Waals surface area contributed by atoms with Crippen LogP contribution in [0.2, 0.25) is 5.02 Å². The predicted molar refractivity (Wildman–Crippen MR) is 77.4 cm³/mol. The van der Waals surface area contributed by atoms with E-state index in [0.29, 0.717) is 5.88 Å². The van der Waals surface area contributed by atoms with Crippen LogP contribution >= 0.6 is 11.6 Å². The van der Waals surface area contributed by atoms with Gasteiger partial charge < -0.3 is 4.74 Å². The molecule has 0 spiro atoms. The summed E-state index contributed by atoms with van der Waals surface area (Å²) in [7, 11) is 3.71. The summed E-state index contributed by atoms with van der Waals surface area (Å²) in [6, 6.07) is 11.9. The van der Waals surface area contributed by atoms with Gasteiger partial charge in [-0.15, -0.1) is 0 Å². The molecular formula is C15H17ClN2O. The van der Waals surface area contributed by atoms with Crippen molar-refractivity contribution in [2.75, 3.05) is 14.2 Å². The Kier molecular flexibility index (Phi) is 4.77. The zero-order valence-corrected chi connectivity index (χ0v) is 11.9. The van der Waals surface area contributed by atoms with Crippen LogP contribution in [-0.2, 0) is 13.1 Å². The lowest BCUT2D eigenvalue weighted by atomic mass is 10.2. The number of benzene rings is 1. The first-order valence-electron chi connectivity index (χ1n) is 6.09. The first kappa shape index (κ1) is 13.8. The van der Waals surface area contributed by atoms with Crippen molar-refractivity contribution in [2.24, 2.45) is 0 Å². The number of hydrogen-bond acceptors (Lipinski definition) is 3. The van der Waals surface area contributed by atoms with Crippen molar-refractivity contribution in [2.45, 2.75) is 13.1 Å². The molecule has 0 aliphatic carbocycles. The van der Waals surface area contributed by atoms with Crippen molar-refractivity contribution in [3.63, 3.8) is 0 Å². The number of hydrogen-bond donors (Lipinski definition) is 0. The predicted octanol–water partition coefficient (Wildman–Crippen LogP) is 3.38. The lowest BCUT2D eigenvalue weighted by Gasteiger charge is -2.17. The van der Waals surface area contributed by atoms with Crippen LogP contribution in [0, 0.1) is 0 Å². The quantitative estimate of drug-likeness (QED) is 0.837. The summed E-state index contributed by atoms with van der Waals surface area (Å²) in [5.41, 5.74) is 2.43. The van der Waals surface area contributed by atoms with Crippen LogP contribution in [0.25, 0.3) is 0 Å². The lowest BCUT2D eigenvalue weighted by Crippen LogP contribution is -2.17. The fraction of sp³-hybridized carbons (Fsp3) is 0.267. The van der Waals surface area contributed by atoms with Crippen LogP contribution in [0.3, 0.4) is 0 Å². The number of methoxy groups -OCH3 is 1. The minimum absolute atomic E-state index is 0.650. The maximum atomic E-state index is 5.88. The normalized spacial score (nSPS) is 10.7. The number of nitrogens with zero attached hydrogens (tertiary/aromatic N) is 2. The van der Waals surface area contributed by atoms with Crippen LogP contribution < -0.4 is 4.74 Å². The Morgan fingerprint density at radius 3 is 2.47 bits per heavy atom. The third-order valence-electron chi connectivity index (χ3n) is 2.83. The van der Waals surface area contributed by atoms with E-state index in [1.807, 2.05) is 36.4 Å². The SMILES string of the molecule is COc1cc(CN(C)Cc2ccc(Cl)cc2)ccn1. The summed E-state index contributed by atoms with van der Waals surface area (Å²) in [6.07, 6.45) is 1.77. The average molecular weight is 277 g/mol. The highest BCUT2D eigenvalue weighted by Crippen LogP contribution is 2.14. The molecule has 0 bridgehead atoms. The number of aromatic nitrogens is 1. The van der Waals surface area contributed by atoms with Gasteiger partial charge in [0.05, 0.1) is 7.11 Å². The van der Waals surface area contributed by atoms with Crippen LogP contribution in [-0.4, -0.2) is 24.0 Å². The highest BCUT2D eigenvalue weighted by Gasteiger charge is 2.03. The molecule has 19 heavy (non-hydrogen) atoms. The summed E-state index contributed by atoms with van der Waals surface area (Å²) in [5, 5.41) is 0.769. The van der Waals surface area contributed by atoms with Gasteiger partial charge >= 0.3 is 0 Å². The summed E-state index contributed by atoms with van der Waals surface area (Å²) in [6.45, 7) is 1.73. The molecule has 0 N–H and O–H groups in total. The van der Waals surface area contributed by atoms with E-state index < -0.39 is 0 Å². The molecule has 0 unspecified atom stereocenters. The van der Waals surface area contributed by atoms with E-state index in [1.165, 1.54) is 11.1 Å². The van der Waals surface area contributed by atoms with E-state index in [-0.39, 0.29) is 0 Å². The Hall–Kier alpha value is -1.58. The van der Waals surface area contributed by atoms with E-state index in [9.17, 15) is 0 Å². The van der Waals surface area contributed by atoms with Gasteiger partial charge in [0.25, 0.3) is 0 Å². The van der Waals surface area contributed by atoms with Crippen LogP contribution in [0.4, 0.5) is 0 Å². The van der Waals surface area contributed by atoms with Gasteiger partial charge in [-0.2, -0.15) is 0 Å². The maximum absolute atomic E-state index is 5.88. The van der Waals surface area contributed by atoms with Crippen LogP contribution in [0.5, 0.6) is 5.88 Å². The number of ether oxygens (including phenoxy) is 1. The second-order valence-electron chi connectivity index (χ2n) is 4.51. The fourth-order valence-corrected chi connectivity index (χ4v) is 2.06. The van der Waals surface area contributed by atoms with Gasteiger partial charge in [-0.05, 0) is 36.4 Å². The topological polar surface area (TPSA) is 25.4 Å². The van der Waals surface area contributed by atoms with Crippen molar-refractivity contribution in [1.82, 2.24) is 9.88 Å². The van der Waals surface area contributed by atoms with Gasteiger partial charge in [-0.1, -0.05) is 23.7 Å². The van der Waals surface area contributed by atoms with E-state index >= 15 is 0 Å². The Morgan fingerprint density at radius 1 is 1.11 bits per heavy atom. The van der Waals surface area contributed by atoms with E-state index in [0.717, 1.165) is 18.1 Å². The Balaban J connectivity index is 1.96. The molecule has 2 rings (SSSR count). The maximum Gasteiger partial charge on any atom is 0.213 e. The molecule has 0 atom stereocenters. The zero-order valence-electron chi connectivity index (χ0n) is 11.1. The molecule has 0 saturated carbocycles. The molecule has 1 heterocycles. The number of rotatable bonds is 5. The molecule has 0 fully saturated rings. The minimum atomic E-state index is 0.650. The van der Waals surface area contributed by atoms with Gasteiger partial charge in [0, 0.05) is 30.4 Å². The molecule has 0 aliphatic heterocycles. The third kappa shape index (κ3) is 4.23. The van der Waals surface area contributed by atoms with Crippen molar-refractivity contribution in [1.29, 1.82) is 0 Å². The molecule has 0 saturated heterocycles. The second kappa shape index (κ2) is 6.55. The van der Waals surface area contributed by atoms with Gasteiger partial charge in [-0.25, -0.2) is 4.98 Å². The molecule has 2 aromatic rings. The molecule has 1 aromatic carbocycles. The Bertz CT molecular complexity index is 528. The first-order chi connectivity index (χ1) is 9.17. The van der Waals surface area contributed by atoms with Crippen LogP contribution in [0.15, 0.2) is 42.6 Å². The van der Waals surface area contributed by atoms with Gasteiger partial charge in [0.15, 0.2) is 0 Å². The van der Waals surface area contributed by atoms with E-state index in [1.54, 1.807) is 13.3 Å². The van der Waals surface area contributed by atoms with Gasteiger partial charge in [0.1, 0.15) is 0 Å². The van der Waals surface area contributed by atoms with Crippen molar-refractivity contribution >= 4 is 11.6 Å². The summed E-state index contributed by atoms with van der Waals surface area (Å²) >= 11 is 5.88. The van der Waals surface area contributed by atoms with Gasteiger partial charge in [-0.3, -0.25) is 4.90 Å². The monoisotopic (exact) mass is 276 g/mol. The van der Waals surface area contributed by atoms with Crippen molar-refractivity contribution in [3.05, 3.63) is 58.7 Å². The first-order valence-corrected chi connectivity index (χ1v) is 6.47. The third-order valence-corrected chi connectivity index (χ3v) is 3.08. The molecular weight excluding hydrogens is 260 g/mol. The molecule has 100 valence electrons. The molecule has 0 radical (unpaired) electrons. The Labute approximate surface area is 118 Å². The van der Waals surface area contributed by atoms with Crippen LogP contribution in [0.1, 0.15) is 11.1 Å². The average Bonchev–Trinajstić information content (AvgIpc) is 2.41. The minimum Gasteiger partial charge on any atom is -0.481 e. The Morgan fingerprint density at radius 2 is 1.79 bits per heavy atom. The fourth-order valence-electron chi connectivity index (χ4n) is 1.93. The lowest BCUT2D eigenvalue weighted by molar-refractivity contribution is 0.317. The molecule has 3 nitrogen and oxygen atoms in total. The highest BCUT2D eigenvalue weighted by molar-refractivity contribution is 6.30. The largest absolute Gasteiger partial charge is 0.481 e. The zero-order chi connectivity index (χ0) is 13.7. The molecule has 4 heteroatoms. The number of halogens is 1. The standard InChI is InChI=1S/C15H17ClN2O/c1-18(10-12-3-5-14(16)6-4-12)11-13-7-8-17-15(9-13)19-2/h3-9H,10-11H2,1-2H3. The second-order valence-corrected chi connectivity index (χ2v) is 4.94. The highest BCUT2D eigenvalue weighted by atomic mass is 35.5. The van der Waals surface area contributed by atoms with Crippen molar-refractivity contribution in [3.8, 4) is 5.88 Å². The smallest absolute Gasteiger partial charge is 0.213 e. The summed E-state index contributed by atoms with van der Waals surface area (Å²) < 4.78 is 5.12. The van der Waals surface area contributed by atoms with E-state index in [4.69, 9.17) is 16.3 Å². The molecule has 0 amide bonds. The summed E-state index contributed by atoms with van der Waals surface area (Å²) in [5.74, 6) is 0.650. The molecule has 1 aromatic heterocycles.